The number of para-hydroxylation sites is 1. The minimum Gasteiger partial charge on any atom is -0.483 e. The van der Waals surface area contributed by atoms with E-state index in [0.29, 0.717) is 11.5 Å². The van der Waals surface area contributed by atoms with Crippen LogP contribution in [0.25, 0.3) is 0 Å². The molecule has 2 aromatic carbocycles. The molecule has 0 amide bonds. The summed E-state index contributed by atoms with van der Waals surface area (Å²) in [6.45, 7) is 0. The van der Waals surface area contributed by atoms with E-state index < -0.39 is 4.92 Å². The standard InChI is InChI=1S/C17H17NO4/c19-18(20)16-11-10-15(21-13-6-2-1-3-7-13)12-17(16)22-14-8-4-5-9-14/h1-3,6-7,10-12,14H,4-5,8-9H2. The lowest BCUT2D eigenvalue weighted by Crippen LogP contribution is -2.12. The first kappa shape index (κ1) is 14.4. The molecule has 5 heteroatoms. The topological polar surface area (TPSA) is 61.6 Å². The van der Waals surface area contributed by atoms with Crippen LogP contribution in [0.3, 0.4) is 0 Å². The third-order valence-electron chi connectivity index (χ3n) is 3.70. The van der Waals surface area contributed by atoms with Crippen molar-refractivity contribution in [3.05, 3.63) is 58.6 Å². The number of nitrogens with zero attached hydrogens (tertiary/aromatic N) is 1. The summed E-state index contributed by atoms with van der Waals surface area (Å²) in [4.78, 5) is 10.7. The first-order valence-corrected chi connectivity index (χ1v) is 7.40. The molecule has 0 unspecified atom stereocenters. The second-order valence-corrected chi connectivity index (χ2v) is 5.33. The molecule has 1 fully saturated rings. The highest BCUT2D eigenvalue weighted by molar-refractivity contribution is 5.51. The highest BCUT2D eigenvalue weighted by Gasteiger charge is 2.22. The first-order chi connectivity index (χ1) is 10.7. The van der Waals surface area contributed by atoms with Crippen molar-refractivity contribution in [1.29, 1.82) is 0 Å². The predicted octanol–water partition coefficient (Wildman–Crippen LogP) is 4.71. The summed E-state index contributed by atoms with van der Waals surface area (Å²) in [7, 11) is 0. The molecule has 1 aliphatic carbocycles. The molecule has 0 saturated heterocycles. The van der Waals surface area contributed by atoms with Gasteiger partial charge in [0.25, 0.3) is 0 Å². The molecule has 0 aromatic heterocycles. The zero-order valence-corrected chi connectivity index (χ0v) is 12.1. The highest BCUT2D eigenvalue weighted by atomic mass is 16.6. The summed E-state index contributed by atoms with van der Waals surface area (Å²) in [6, 6.07) is 13.9. The van der Waals surface area contributed by atoms with Crippen LogP contribution in [0.2, 0.25) is 0 Å². The summed E-state index contributed by atoms with van der Waals surface area (Å²) < 4.78 is 11.5. The Bertz CT molecular complexity index is 651. The maximum atomic E-state index is 11.1. The quantitative estimate of drug-likeness (QED) is 0.592. The van der Waals surface area contributed by atoms with Gasteiger partial charge in [0.2, 0.25) is 5.75 Å². The van der Waals surface area contributed by atoms with Gasteiger partial charge in [-0.15, -0.1) is 0 Å². The van der Waals surface area contributed by atoms with Crippen LogP contribution in [0.4, 0.5) is 5.69 Å². The molecule has 0 spiro atoms. The molecule has 0 radical (unpaired) electrons. The molecule has 0 bridgehead atoms. The SMILES string of the molecule is O=[N+]([O-])c1ccc(Oc2ccccc2)cc1OC1CCCC1. The van der Waals surface area contributed by atoms with E-state index in [1.165, 1.54) is 6.07 Å². The number of benzene rings is 2. The Morgan fingerprint density at radius 1 is 1.00 bits per heavy atom. The molecule has 114 valence electrons. The number of hydrogen-bond acceptors (Lipinski definition) is 4. The molecule has 0 heterocycles. The van der Waals surface area contributed by atoms with Crippen molar-refractivity contribution in [3.63, 3.8) is 0 Å². The van der Waals surface area contributed by atoms with Crippen molar-refractivity contribution < 1.29 is 14.4 Å². The lowest BCUT2D eigenvalue weighted by Gasteiger charge is -2.14. The number of ether oxygens (including phenoxy) is 2. The molecule has 1 aliphatic rings. The second-order valence-electron chi connectivity index (χ2n) is 5.33. The summed E-state index contributed by atoms with van der Waals surface area (Å²) in [5.41, 5.74) is -0.0210. The van der Waals surface area contributed by atoms with Gasteiger partial charge < -0.3 is 9.47 Å². The fourth-order valence-electron chi connectivity index (χ4n) is 2.61. The Balaban J connectivity index is 1.84. The van der Waals surface area contributed by atoms with Crippen LogP contribution in [0.15, 0.2) is 48.5 Å². The van der Waals surface area contributed by atoms with Gasteiger partial charge >= 0.3 is 5.69 Å². The minimum atomic E-state index is -0.420. The smallest absolute Gasteiger partial charge is 0.311 e. The summed E-state index contributed by atoms with van der Waals surface area (Å²) in [6.07, 6.45) is 4.17. The third-order valence-corrected chi connectivity index (χ3v) is 3.70. The second kappa shape index (κ2) is 6.47. The molecule has 2 aromatic rings. The molecule has 22 heavy (non-hydrogen) atoms. The van der Waals surface area contributed by atoms with Gasteiger partial charge in [-0.05, 0) is 43.9 Å². The summed E-state index contributed by atoms with van der Waals surface area (Å²) in [5, 5.41) is 11.1. The van der Waals surface area contributed by atoms with Gasteiger partial charge in [-0.25, -0.2) is 0 Å². The van der Waals surface area contributed by atoms with E-state index in [4.69, 9.17) is 9.47 Å². The van der Waals surface area contributed by atoms with Crippen molar-refractivity contribution in [1.82, 2.24) is 0 Å². The number of nitro groups is 1. The van der Waals surface area contributed by atoms with Crippen molar-refractivity contribution in [3.8, 4) is 17.2 Å². The van der Waals surface area contributed by atoms with Gasteiger partial charge in [0.05, 0.1) is 11.0 Å². The van der Waals surface area contributed by atoms with Gasteiger partial charge in [0, 0.05) is 12.1 Å². The summed E-state index contributed by atoms with van der Waals surface area (Å²) >= 11 is 0. The molecule has 0 aliphatic heterocycles. The van der Waals surface area contributed by atoms with Crippen LogP contribution in [-0.2, 0) is 0 Å². The molecule has 1 saturated carbocycles. The molecule has 3 rings (SSSR count). The average molecular weight is 299 g/mol. The predicted molar refractivity (Wildman–Crippen MR) is 82.5 cm³/mol. The van der Waals surface area contributed by atoms with E-state index in [1.807, 2.05) is 30.3 Å². The van der Waals surface area contributed by atoms with Crippen LogP contribution in [0.5, 0.6) is 17.2 Å². The fraction of sp³-hybridized carbons (Fsp3) is 0.294. The number of rotatable bonds is 5. The first-order valence-electron chi connectivity index (χ1n) is 7.40. The maximum absolute atomic E-state index is 11.1. The van der Waals surface area contributed by atoms with Crippen LogP contribution in [0.1, 0.15) is 25.7 Å². The zero-order chi connectivity index (χ0) is 15.4. The maximum Gasteiger partial charge on any atom is 0.311 e. The molecular weight excluding hydrogens is 282 g/mol. The van der Waals surface area contributed by atoms with Crippen LogP contribution < -0.4 is 9.47 Å². The van der Waals surface area contributed by atoms with E-state index in [9.17, 15) is 10.1 Å². The Kier molecular flexibility index (Phi) is 4.23. The zero-order valence-electron chi connectivity index (χ0n) is 12.1. The number of hydrogen-bond donors (Lipinski definition) is 0. The van der Waals surface area contributed by atoms with E-state index in [2.05, 4.69) is 0 Å². The van der Waals surface area contributed by atoms with Gasteiger partial charge in [0.15, 0.2) is 0 Å². The average Bonchev–Trinajstić information content (AvgIpc) is 3.01. The van der Waals surface area contributed by atoms with E-state index >= 15 is 0 Å². The van der Waals surface area contributed by atoms with Crippen LogP contribution >= 0.6 is 0 Å². The monoisotopic (exact) mass is 299 g/mol. The fourth-order valence-corrected chi connectivity index (χ4v) is 2.61. The molecule has 0 N–H and O–H groups in total. The van der Waals surface area contributed by atoms with Gasteiger partial charge in [-0.1, -0.05) is 18.2 Å². The van der Waals surface area contributed by atoms with Gasteiger partial charge in [-0.3, -0.25) is 10.1 Å². The van der Waals surface area contributed by atoms with Crippen molar-refractivity contribution in [2.75, 3.05) is 0 Å². The highest BCUT2D eigenvalue weighted by Crippen LogP contribution is 2.35. The normalized spacial score (nSPS) is 14.7. The Labute approximate surface area is 128 Å². The van der Waals surface area contributed by atoms with E-state index in [0.717, 1.165) is 25.7 Å². The minimum absolute atomic E-state index is 0.0210. The number of nitro benzene ring substituents is 1. The van der Waals surface area contributed by atoms with E-state index in [-0.39, 0.29) is 17.5 Å². The van der Waals surface area contributed by atoms with E-state index in [1.54, 1.807) is 12.1 Å². The van der Waals surface area contributed by atoms with Crippen LogP contribution in [-0.4, -0.2) is 11.0 Å². The van der Waals surface area contributed by atoms with Crippen molar-refractivity contribution in [2.24, 2.45) is 0 Å². The molecule has 0 atom stereocenters. The van der Waals surface area contributed by atoms with Crippen molar-refractivity contribution in [2.45, 2.75) is 31.8 Å². The Morgan fingerprint density at radius 2 is 1.73 bits per heavy atom. The largest absolute Gasteiger partial charge is 0.483 e. The van der Waals surface area contributed by atoms with Crippen molar-refractivity contribution >= 4 is 5.69 Å². The Morgan fingerprint density at radius 3 is 2.41 bits per heavy atom. The van der Waals surface area contributed by atoms with Crippen LogP contribution in [0, 0.1) is 10.1 Å². The third kappa shape index (κ3) is 3.36. The lowest BCUT2D eigenvalue weighted by molar-refractivity contribution is -0.386. The molecular formula is C17H17NO4. The lowest BCUT2D eigenvalue weighted by atomic mass is 10.2. The Hall–Kier alpha value is -2.56. The molecule has 5 nitrogen and oxygen atoms in total. The van der Waals surface area contributed by atoms with Gasteiger partial charge in [-0.2, -0.15) is 0 Å². The van der Waals surface area contributed by atoms with Gasteiger partial charge in [0.1, 0.15) is 11.5 Å². The summed E-state index contributed by atoms with van der Waals surface area (Å²) in [5.74, 6) is 1.50.